The smallest absolute Gasteiger partial charge is 0.170 e. The van der Waals surface area contributed by atoms with Gasteiger partial charge in [0.05, 0.1) is 17.8 Å². The summed E-state index contributed by atoms with van der Waals surface area (Å²) in [6.07, 6.45) is 5.59. The predicted molar refractivity (Wildman–Crippen MR) is 113 cm³/mol. The second-order valence-electron chi connectivity index (χ2n) is 8.26. The van der Waals surface area contributed by atoms with Crippen LogP contribution in [0.5, 0.6) is 5.75 Å². The fourth-order valence-electron chi connectivity index (χ4n) is 4.85. The standard InChI is InChI=1S/C24H26FN3O2/c25-17-8-10-22(20(14-17)23-11-12-27-30-23)29-24-19-6-2-1-4-16(19)7-9-21(24)28-13-3-5-18(26)15-28/h1-2,4,6,8,10-12,14,18,21,24H,3,5,7,9,13,15,26H2/t18-,21?,24?/m1/s1. The van der Waals surface area contributed by atoms with Gasteiger partial charge in [-0.2, -0.15) is 0 Å². The largest absolute Gasteiger partial charge is 0.483 e. The van der Waals surface area contributed by atoms with Gasteiger partial charge >= 0.3 is 0 Å². The van der Waals surface area contributed by atoms with Gasteiger partial charge in [0.15, 0.2) is 5.76 Å². The molecule has 1 aliphatic carbocycles. The van der Waals surface area contributed by atoms with Crippen LogP contribution in [0, 0.1) is 5.82 Å². The lowest BCUT2D eigenvalue weighted by Crippen LogP contribution is -2.51. The van der Waals surface area contributed by atoms with Gasteiger partial charge in [-0.1, -0.05) is 29.4 Å². The minimum Gasteiger partial charge on any atom is -0.483 e. The number of nitrogens with zero attached hydrogens (tertiary/aromatic N) is 2. The summed E-state index contributed by atoms with van der Waals surface area (Å²) in [7, 11) is 0. The number of fused-ring (bicyclic) bond motifs is 1. The molecule has 1 saturated heterocycles. The van der Waals surface area contributed by atoms with E-state index in [1.165, 1.54) is 23.3 Å². The minimum absolute atomic E-state index is 0.160. The van der Waals surface area contributed by atoms with Crippen molar-refractivity contribution in [2.45, 2.75) is 43.9 Å². The van der Waals surface area contributed by atoms with Gasteiger partial charge < -0.3 is 15.0 Å². The Labute approximate surface area is 175 Å². The minimum atomic E-state index is -0.337. The van der Waals surface area contributed by atoms with Crippen LogP contribution in [0.4, 0.5) is 4.39 Å². The van der Waals surface area contributed by atoms with Gasteiger partial charge in [-0.05, 0) is 61.6 Å². The molecule has 1 aromatic heterocycles. The number of hydrogen-bond acceptors (Lipinski definition) is 5. The summed E-state index contributed by atoms with van der Waals surface area (Å²) in [6, 6.07) is 15.1. The van der Waals surface area contributed by atoms with Gasteiger partial charge in [-0.3, -0.25) is 4.90 Å². The van der Waals surface area contributed by atoms with Crippen LogP contribution >= 0.6 is 0 Å². The van der Waals surface area contributed by atoms with E-state index in [9.17, 15) is 4.39 Å². The van der Waals surface area contributed by atoms with Crippen molar-refractivity contribution in [2.75, 3.05) is 13.1 Å². The molecule has 0 saturated carbocycles. The first-order chi connectivity index (χ1) is 14.7. The molecule has 5 nitrogen and oxygen atoms in total. The highest BCUT2D eigenvalue weighted by Crippen LogP contribution is 2.40. The number of piperidine rings is 1. The van der Waals surface area contributed by atoms with Crippen molar-refractivity contribution in [1.29, 1.82) is 0 Å². The van der Waals surface area contributed by atoms with E-state index in [4.69, 9.17) is 15.0 Å². The number of benzene rings is 2. The molecule has 3 atom stereocenters. The van der Waals surface area contributed by atoms with Gasteiger partial charge in [-0.15, -0.1) is 0 Å². The molecule has 30 heavy (non-hydrogen) atoms. The number of rotatable bonds is 4. The quantitative estimate of drug-likeness (QED) is 0.697. The van der Waals surface area contributed by atoms with Crippen LogP contribution in [-0.2, 0) is 6.42 Å². The zero-order chi connectivity index (χ0) is 20.5. The lowest BCUT2D eigenvalue weighted by Gasteiger charge is -2.43. The number of ether oxygens (including phenoxy) is 1. The Bertz CT molecular complexity index is 1010. The van der Waals surface area contributed by atoms with Gasteiger partial charge in [0.1, 0.15) is 17.7 Å². The SMILES string of the molecule is N[C@@H]1CCCN(C2CCc3ccccc3C2Oc2ccc(F)cc2-c2ccno2)C1. The summed E-state index contributed by atoms with van der Waals surface area (Å²) >= 11 is 0. The number of likely N-dealkylation sites (tertiary alicyclic amines) is 1. The molecular weight excluding hydrogens is 381 g/mol. The van der Waals surface area contributed by atoms with Crippen molar-refractivity contribution in [3.8, 4) is 17.1 Å². The molecule has 1 aliphatic heterocycles. The molecule has 2 unspecified atom stereocenters. The Morgan fingerprint density at radius 1 is 1.13 bits per heavy atom. The van der Waals surface area contributed by atoms with Crippen LogP contribution < -0.4 is 10.5 Å². The van der Waals surface area contributed by atoms with E-state index in [-0.39, 0.29) is 24.0 Å². The zero-order valence-electron chi connectivity index (χ0n) is 16.8. The normalized spacial score (nSPS) is 24.4. The maximum atomic E-state index is 14.0. The van der Waals surface area contributed by atoms with Gasteiger partial charge in [0.25, 0.3) is 0 Å². The van der Waals surface area contributed by atoms with Crippen LogP contribution in [0.15, 0.2) is 59.3 Å². The Hall–Kier alpha value is -2.70. The molecule has 0 amide bonds. The second-order valence-corrected chi connectivity index (χ2v) is 8.26. The summed E-state index contributed by atoms with van der Waals surface area (Å²) in [4.78, 5) is 2.48. The number of aryl methyl sites for hydroxylation is 1. The molecule has 2 N–H and O–H groups in total. The van der Waals surface area contributed by atoms with Crippen LogP contribution in [0.1, 0.15) is 36.5 Å². The summed E-state index contributed by atoms with van der Waals surface area (Å²) in [5, 5.41) is 3.77. The molecule has 5 rings (SSSR count). The first kappa shape index (κ1) is 19.3. The average molecular weight is 407 g/mol. The molecule has 2 aliphatic rings. The van der Waals surface area contributed by atoms with Crippen molar-refractivity contribution in [1.82, 2.24) is 10.1 Å². The molecule has 2 heterocycles. The molecule has 3 aromatic rings. The monoisotopic (exact) mass is 407 g/mol. The first-order valence-corrected chi connectivity index (χ1v) is 10.6. The highest BCUT2D eigenvalue weighted by Gasteiger charge is 2.37. The molecule has 0 spiro atoms. The van der Waals surface area contributed by atoms with E-state index >= 15 is 0 Å². The molecule has 6 heteroatoms. The van der Waals surface area contributed by atoms with E-state index in [0.29, 0.717) is 17.1 Å². The van der Waals surface area contributed by atoms with E-state index in [2.05, 4.69) is 34.3 Å². The van der Waals surface area contributed by atoms with Crippen molar-refractivity contribution < 1.29 is 13.7 Å². The molecule has 156 valence electrons. The Balaban J connectivity index is 1.53. The van der Waals surface area contributed by atoms with E-state index in [1.807, 2.05) is 0 Å². The third kappa shape index (κ3) is 3.73. The van der Waals surface area contributed by atoms with Gasteiger partial charge in [0.2, 0.25) is 0 Å². The van der Waals surface area contributed by atoms with Gasteiger partial charge in [-0.25, -0.2) is 4.39 Å². The van der Waals surface area contributed by atoms with Crippen LogP contribution in [0.3, 0.4) is 0 Å². The van der Waals surface area contributed by atoms with Crippen molar-refractivity contribution in [2.24, 2.45) is 5.73 Å². The summed E-state index contributed by atoms with van der Waals surface area (Å²) in [5.74, 6) is 0.752. The lowest BCUT2D eigenvalue weighted by molar-refractivity contribution is 0.0369. The predicted octanol–water partition coefficient (Wildman–Crippen LogP) is 4.34. The Morgan fingerprint density at radius 2 is 2.03 bits per heavy atom. The van der Waals surface area contributed by atoms with Crippen LogP contribution in [0.2, 0.25) is 0 Å². The maximum Gasteiger partial charge on any atom is 0.170 e. The third-order valence-electron chi connectivity index (χ3n) is 6.28. The average Bonchev–Trinajstić information content (AvgIpc) is 3.30. The topological polar surface area (TPSA) is 64.5 Å². The van der Waals surface area contributed by atoms with E-state index in [0.717, 1.165) is 38.8 Å². The zero-order valence-corrected chi connectivity index (χ0v) is 16.8. The van der Waals surface area contributed by atoms with E-state index in [1.54, 1.807) is 18.3 Å². The second kappa shape index (κ2) is 8.20. The highest BCUT2D eigenvalue weighted by atomic mass is 19.1. The number of hydrogen-bond donors (Lipinski definition) is 1. The van der Waals surface area contributed by atoms with Crippen molar-refractivity contribution in [3.63, 3.8) is 0 Å². The fourth-order valence-corrected chi connectivity index (χ4v) is 4.85. The molecule has 0 radical (unpaired) electrons. The first-order valence-electron chi connectivity index (χ1n) is 10.6. The van der Waals surface area contributed by atoms with Crippen LogP contribution in [-0.4, -0.2) is 35.2 Å². The summed E-state index contributed by atoms with van der Waals surface area (Å²) < 4.78 is 26.0. The van der Waals surface area contributed by atoms with Gasteiger partial charge in [0, 0.05) is 18.7 Å². The van der Waals surface area contributed by atoms with Crippen LogP contribution in [0.25, 0.3) is 11.3 Å². The van der Waals surface area contributed by atoms with Crippen molar-refractivity contribution >= 4 is 0 Å². The Morgan fingerprint density at radius 3 is 2.87 bits per heavy atom. The van der Waals surface area contributed by atoms with E-state index < -0.39 is 0 Å². The molecule has 1 fully saturated rings. The number of nitrogens with two attached hydrogens (primary N) is 1. The maximum absolute atomic E-state index is 14.0. The molecule has 2 aromatic carbocycles. The molecule has 0 bridgehead atoms. The highest BCUT2D eigenvalue weighted by molar-refractivity contribution is 5.65. The lowest BCUT2D eigenvalue weighted by atomic mass is 9.84. The molecular formula is C24H26FN3O2. The fraction of sp³-hybridized carbons (Fsp3) is 0.375. The number of aromatic nitrogens is 1. The number of halogens is 1. The summed E-state index contributed by atoms with van der Waals surface area (Å²) in [5.41, 5.74) is 9.36. The Kier molecular flexibility index (Phi) is 5.27. The summed E-state index contributed by atoms with van der Waals surface area (Å²) in [6.45, 7) is 1.91. The van der Waals surface area contributed by atoms with Crippen molar-refractivity contribution in [3.05, 3.63) is 71.7 Å². The third-order valence-corrected chi connectivity index (χ3v) is 6.28.